The van der Waals surface area contributed by atoms with Gasteiger partial charge < -0.3 is 9.47 Å². The molecule has 4 nitrogen and oxygen atoms in total. The highest BCUT2D eigenvalue weighted by Gasteiger charge is 2.06. The maximum Gasteiger partial charge on any atom is 0.305 e. The van der Waals surface area contributed by atoms with Crippen LogP contribution < -0.4 is 0 Å². The van der Waals surface area contributed by atoms with Crippen LogP contribution in [0.25, 0.3) is 0 Å². The lowest BCUT2D eigenvalue weighted by Crippen LogP contribution is -2.08. The average Bonchev–Trinajstić information content (AvgIpc) is 2.47. The van der Waals surface area contributed by atoms with Crippen molar-refractivity contribution in [3.63, 3.8) is 0 Å². The van der Waals surface area contributed by atoms with Crippen LogP contribution >= 0.6 is 0 Å². The maximum absolute atomic E-state index is 11.5. The lowest BCUT2D eigenvalue weighted by Gasteiger charge is -2.06. The summed E-state index contributed by atoms with van der Waals surface area (Å²) < 4.78 is 10.2. The van der Waals surface area contributed by atoms with E-state index in [1.54, 1.807) is 0 Å². The highest BCUT2D eigenvalue weighted by Crippen LogP contribution is 2.06. The normalized spacial score (nSPS) is 11.1. The smallest absolute Gasteiger partial charge is 0.305 e. The Morgan fingerprint density at radius 3 is 2.05 bits per heavy atom. The molecule has 0 aliphatic heterocycles. The van der Waals surface area contributed by atoms with E-state index in [0.29, 0.717) is 44.8 Å². The van der Waals surface area contributed by atoms with E-state index in [9.17, 15) is 9.59 Å². The molecule has 0 fully saturated rings. The molecule has 0 saturated carbocycles. The lowest BCUT2D eigenvalue weighted by atomic mass is 10.1. The molecular weight excluding hydrogens is 280 g/mol. The number of ether oxygens (including phenoxy) is 2. The number of hydrogen-bond donors (Lipinski definition) is 0. The van der Waals surface area contributed by atoms with Gasteiger partial charge in [-0.05, 0) is 44.4 Å². The summed E-state index contributed by atoms with van der Waals surface area (Å²) in [6.07, 6.45) is 9.94. The fraction of sp³-hybridized carbons (Fsp3) is 0.778. The zero-order chi connectivity index (χ0) is 16.6. The number of rotatable bonds is 13. The molecule has 0 radical (unpaired) electrons. The van der Waals surface area contributed by atoms with Crippen molar-refractivity contribution in [2.24, 2.45) is 5.92 Å². The molecule has 0 amide bonds. The van der Waals surface area contributed by atoms with Gasteiger partial charge in [-0.15, -0.1) is 0 Å². The quantitative estimate of drug-likeness (QED) is 0.287. The van der Waals surface area contributed by atoms with E-state index in [1.807, 2.05) is 6.08 Å². The molecule has 0 aliphatic rings. The third kappa shape index (κ3) is 15.1. The molecule has 22 heavy (non-hydrogen) atoms. The van der Waals surface area contributed by atoms with Crippen LogP contribution in [-0.4, -0.2) is 25.2 Å². The monoisotopic (exact) mass is 312 g/mol. The lowest BCUT2D eigenvalue weighted by molar-refractivity contribution is -0.146. The number of unbranched alkanes of at least 4 members (excludes halogenated alkanes) is 1. The molecule has 0 spiro atoms. The first kappa shape index (κ1) is 20.7. The number of carbonyl (C=O) groups is 2. The summed E-state index contributed by atoms with van der Waals surface area (Å²) in [5.74, 6) is 0.291. The first-order chi connectivity index (χ1) is 10.6. The second-order valence-electron chi connectivity index (χ2n) is 5.85. The van der Waals surface area contributed by atoms with Crippen LogP contribution in [0.1, 0.15) is 72.1 Å². The second-order valence-corrected chi connectivity index (χ2v) is 5.85. The molecule has 0 aromatic heterocycles. The molecule has 0 heterocycles. The summed E-state index contributed by atoms with van der Waals surface area (Å²) in [6.45, 7) is 7.32. The highest BCUT2D eigenvalue weighted by molar-refractivity contribution is 5.70. The average molecular weight is 312 g/mol. The maximum atomic E-state index is 11.5. The zero-order valence-corrected chi connectivity index (χ0v) is 14.4. The predicted molar refractivity (Wildman–Crippen MR) is 88.5 cm³/mol. The zero-order valence-electron chi connectivity index (χ0n) is 14.4. The minimum atomic E-state index is -0.185. The van der Waals surface area contributed by atoms with Crippen LogP contribution in [0.4, 0.5) is 0 Å². The van der Waals surface area contributed by atoms with Crippen LogP contribution in [0, 0.1) is 5.92 Å². The number of carbonyl (C=O) groups excluding carboxylic acids is 2. The molecule has 0 unspecified atom stereocenters. The molecule has 4 heteroatoms. The van der Waals surface area contributed by atoms with E-state index < -0.39 is 0 Å². The Morgan fingerprint density at radius 2 is 1.50 bits per heavy atom. The Balaban J connectivity index is 3.41. The van der Waals surface area contributed by atoms with Gasteiger partial charge in [0.15, 0.2) is 0 Å². The Morgan fingerprint density at radius 1 is 0.909 bits per heavy atom. The van der Waals surface area contributed by atoms with Crippen molar-refractivity contribution in [2.75, 3.05) is 13.2 Å². The van der Waals surface area contributed by atoms with Gasteiger partial charge in [0.1, 0.15) is 0 Å². The fourth-order valence-electron chi connectivity index (χ4n) is 1.89. The van der Waals surface area contributed by atoms with Crippen molar-refractivity contribution in [3.8, 4) is 0 Å². The Bertz CT molecular complexity index is 321. The van der Waals surface area contributed by atoms with Gasteiger partial charge >= 0.3 is 11.9 Å². The third-order valence-corrected chi connectivity index (χ3v) is 3.15. The largest absolute Gasteiger partial charge is 0.466 e. The molecule has 0 aliphatic carbocycles. The number of esters is 2. The van der Waals surface area contributed by atoms with Crippen LogP contribution in [0.2, 0.25) is 0 Å². The third-order valence-electron chi connectivity index (χ3n) is 3.15. The summed E-state index contributed by atoms with van der Waals surface area (Å²) in [5, 5.41) is 0. The van der Waals surface area contributed by atoms with Crippen molar-refractivity contribution < 1.29 is 19.1 Å². The molecule has 0 atom stereocenters. The first-order valence-electron chi connectivity index (χ1n) is 8.52. The van der Waals surface area contributed by atoms with Crippen molar-refractivity contribution in [1.29, 1.82) is 0 Å². The summed E-state index contributed by atoms with van der Waals surface area (Å²) in [4.78, 5) is 22.9. The van der Waals surface area contributed by atoms with Gasteiger partial charge in [-0.3, -0.25) is 9.59 Å². The Hall–Kier alpha value is -1.32. The molecule has 128 valence electrons. The minimum Gasteiger partial charge on any atom is -0.466 e. The molecule has 0 rings (SSSR count). The van der Waals surface area contributed by atoms with Crippen LogP contribution in [0.3, 0.4) is 0 Å². The number of hydrogen-bond acceptors (Lipinski definition) is 4. The van der Waals surface area contributed by atoms with Gasteiger partial charge in [-0.25, -0.2) is 0 Å². The molecule has 0 aromatic rings. The van der Waals surface area contributed by atoms with E-state index >= 15 is 0 Å². The summed E-state index contributed by atoms with van der Waals surface area (Å²) in [5.41, 5.74) is 0. The summed E-state index contributed by atoms with van der Waals surface area (Å²) in [7, 11) is 0. The van der Waals surface area contributed by atoms with Crippen molar-refractivity contribution >= 4 is 11.9 Å². The molecule has 0 saturated heterocycles. The van der Waals surface area contributed by atoms with Crippen molar-refractivity contribution in [2.45, 2.75) is 72.1 Å². The van der Waals surface area contributed by atoms with E-state index in [0.717, 1.165) is 25.7 Å². The van der Waals surface area contributed by atoms with Gasteiger partial charge in [-0.2, -0.15) is 0 Å². The van der Waals surface area contributed by atoms with Gasteiger partial charge in [0.05, 0.1) is 13.2 Å². The highest BCUT2D eigenvalue weighted by atomic mass is 16.5. The number of allylic oxidation sites excluding steroid dienone is 1. The molecule has 0 N–H and O–H groups in total. The van der Waals surface area contributed by atoms with Crippen LogP contribution in [-0.2, 0) is 19.1 Å². The predicted octanol–water partition coefficient (Wildman–Crippen LogP) is 4.43. The SMILES string of the molecule is CC/C=C/CCOC(=O)CCCCC(=O)OCCCC(C)C. The van der Waals surface area contributed by atoms with Crippen molar-refractivity contribution in [3.05, 3.63) is 12.2 Å². The fourth-order valence-corrected chi connectivity index (χ4v) is 1.89. The summed E-state index contributed by atoms with van der Waals surface area (Å²) in [6, 6.07) is 0. The van der Waals surface area contributed by atoms with Gasteiger partial charge in [0, 0.05) is 12.8 Å². The Labute approximate surface area is 135 Å². The van der Waals surface area contributed by atoms with Crippen molar-refractivity contribution in [1.82, 2.24) is 0 Å². The Kier molecular flexibility index (Phi) is 13.7. The van der Waals surface area contributed by atoms with Crippen LogP contribution in [0.15, 0.2) is 12.2 Å². The van der Waals surface area contributed by atoms with Gasteiger partial charge in [0.2, 0.25) is 0 Å². The topological polar surface area (TPSA) is 52.6 Å². The van der Waals surface area contributed by atoms with E-state index in [-0.39, 0.29) is 11.9 Å². The molecule has 0 aromatic carbocycles. The van der Waals surface area contributed by atoms with E-state index in [1.165, 1.54) is 0 Å². The van der Waals surface area contributed by atoms with E-state index in [4.69, 9.17) is 9.47 Å². The van der Waals surface area contributed by atoms with Gasteiger partial charge in [0.25, 0.3) is 0 Å². The minimum absolute atomic E-state index is 0.165. The standard InChI is InChI=1S/C18H32O4/c1-4-5-6-9-14-21-17(19)12-7-8-13-18(20)22-15-10-11-16(2)3/h5-6,16H,4,7-15H2,1-3H3/b6-5+. The van der Waals surface area contributed by atoms with Gasteiger partial charge in [-0.1, -0.05) is 32.9 Å². The second kappa shape index (κ2) is 14.6. The molecule has 0 bridgehead atoms. The summed E-state index contributed by atoms with van der Waals surface area (Å²) >= 11 is 0. The van der Waals surface area contributed by atoms with E-state index in [2.05, 4.69) is 26.8 Å². The van der Waals surface area contributed by atoms with Crippen LogP contribution in [0.5, 0.6) is 0 Å². The molecular formula is C18H32O4. The first-order valence-corrected chi connectivity index (χ1v) is 8.52.